The lowest BCUT2D eigenvalue weighted by Gasteiger charge is -2.47. The lowest BCUT2D eigenvalue weighted by atomic mass is 9.83. The van der Waals surface area contributed by atoms with Crippen LogP contribution in [-0.4, -0.2) is 164 Å². The van der Waals surface area contributed by atoms with Gasteiger partial charge in [0.25, 0.3) is 0 Å². The molecule has 0 unspecified atom stereocenters. The average molecular weight is 1090 g/mol. The van der Waals surface area contributed by atoms with Gasteiger partial charge in [0.05, 0.1) is 33.4 Å². The third-order valence-corrected chi connectivity index (χ3v) is 11.2. The minimum absolute atomic E-state index is 0.432. The van der Waals surface area contributed by atoms with Crippen molar-refractivity contribution in [2.75, 3.05) is 0 Å². The first kappa shape index (κ1) is 54.3. The molecule has 1 aliphatic carbocycles. The zero-order chi connectivity index (χ0) is 57.5. The number of carbonyl (C=O) groups excluding carboxylic acids is 6. The second-order valence-electron chi connectivity index (χ2n) is 16.4. The van der Waals surface area contributed by atoms with Gasteiger partial charge in [-0.05, 0) is 72.8 Å². The summed E-state index contributed by atoms with van der Waals surface area (Å²) in [5, 5.41) is 185. The van der Waals surface area contributed by atoms with Crippen molar-refractivity contribution < 1.29 is 149 Å². The predicted molar refractivity (Wildman–Crippen MR) is 244 cm³/mol. The van der Waals surface area contributed by atoms with E-state index in [1.54, 1.807) is 0 Å². The summed E-state index contributed by atoms with van der Waals surface area (Å²) in [5.74, 6) is -33.3. The lowest BCUT2D eigenvalue weighted by Crippen LogP contribution is -2.69. The Morgan fingerprint density at radius 1 is 0.205 bits per heavy atom. The van der Waals surface area contributed by atoms with Crippen LogP contribution in [0.1, 0.15) is 62.1 Å². The normalized spacial score (nSPS) is 17.7. The van der Waals surface area contributed by atoms with Crippen LogP contribution in [0.4, 0.5) is 0 Å². The van der Waals surface area contributed by atoms with Gasteiger partial charge in [-0.2, -0.15) is 0 Å². The Labute approximate surface area is 430 Å². The fourth-order valence-corrected chi connectivity index (χ4v) is 7.41. The van der Waals surface area contributed by atoms with Crippen LogP contribution in [0.3, 0.4) is 0 Å². The molecule has 1 aliphatic rings. The number of rotatable bonds is 12. The van der Waals surface area contributed by atoms with Gasteiger partial charge < -0.3 is 120 Å². The zero-order valence-corrected chi connectivity index (χ0v) is 38.3. The summed E-state index contributed by atoms with van der Waals surface area (Å²) in [6, 6.07) is 5.19. The van der Waals surface area contributed by atoms with Crippen LogP contribution in [-0.2, 0) is 28.4 Å². The van der Waals surface area contributed by atoms with E-state index in [4.69, 9.17) is 28.4 Å². The van der Waals surface area contributed by atoms with Crippen LogP contribution in [0.2, 0.25) is 0 Å². The van der Waals surface area contributed by atoms with Gasteiger partial charge >= 0.3 is 35.8 Å². The molecule has 0 heterocycles. The number of esters is 6. The highest BCUT2D eigenvalue weighted by Gasteiger charge is 2.62. The van der Waals surface area contributed by atoms with Gasteiger partial charge in [0.1, 0.15) is 0 Å². The Hall–Kier alpha value is -11.5. The maximum absolute atomic E-state index is 14.3. The maximum atomic E-state index is 14.3. The summed E-state index contributed by atoms with van der Waals surface area (Å²) in [6.07, 6.45) is -17.4. The molecule has 0 aliphatic heterocycles. The number of phenols is 18. The van der Waals surface area contributed by atoms with E-state index in [9.17, 15) is 121 Å². The summed E-state index contributed by atoms with van der Waals surface area (Å²) in [6.45, 7) is 0. The summed E-state index contributed by atoms with van der Waals surface area (Å²) < 4.78 is 34.0. The number of phenolic OH excluding ortho intramolecular Hbond substituents is 18. The Kier molecular flexibility index (Phi) is 14.5. The molecule has 408 valence electrons. The van der Waals surface area contributed by atoms with E-state index in [0.29, 0.717) is 72.8 Å². The molecule has 0 atom stereocenters. The second-order valence-corrected chi connectivity index (χ2v) is 16.4. The number of ether oxygens (including phenoxy) is 6. The number of hydrogen-bond donors (Lipinski definition) is 18. The molecule has 1 saturated carbocycles. The molecule has 30 nitrogen and oxygen atoms in total. The highest BCUT2D eigenvalue weighted by Crippen LogP contribution is 2.44. The molecule has 18 N–H and O–H groups in total. The topological polar surface area (TPSA) is 522 Å². The molecule has 6 aromatic carbocycles. The van der Waals surface area contributed by atoms with Gasteiger partial charge in [-0.1, -0.05) is 0 Å². The van der Waals surface area contributed by atoms with Gasteiger partial charge in [-0.3, -0.25) is 0 Å². The predicted octanol–water partition coefficient (Wildman–Crippen LogP) is 2.05. The van der Waals surface area contributed by atoms with Crippen molar-refractivity contribution >= 4 is 35.8 Å². The van der Waals surface area contributed by atoms with Crippen molar-refractivity contribution in [1.82, 2.24) is 0 Å². The first-order valence-corrected chi connectivity index (χ1v) is 21.3. The molecular weight excluding hydrogens is 1060 g/mol. The van der Waals surface area contributed by atoms with Gasteiger partial charge in [-0.25, -0.2) is 28.8 Å². The number of hydrogen-bond acceptors (Lipinski definition) is 30. The molecule has 30 heteroatoms. The minimum atomic E-state index is -2.90. The van der Waals surface area contributed by atoms with Crippen molar-refractivity contribution in [3.63, 3.8) is 0 Å². The van der Waals surface area contributed by atoms with E-state index in [-0.39, 0.29) is 0 Å². The molecule has 0 aromatic heterocycles. The Morgan fingerprint density at radius 3 is 0.385 bits per heavy atom. The first-order chi connectivity index (χ1) is 36.6. The average Bonchev–Trinajstić information content (AvgIpc) is 3.59. The first-order valence-electron chi connectivity index (χ1n) is 21.3. The third kappa shape index (κ3) is 10.6. The smallest absolute Gasteiger partial charge is 0.338 e. The van der Waals surface area contributed by atoms with Crippen LogP contribution in [0.5, 0.6) is 103 Å². The molecule has 1 fully saturated rings. The van der Waals surface area contributed by atoms with Crippen molar-refractivity contribution in [2.45, 2.75) is 36.6 Å². The summed E-state index contributed by atoms with van der Waals surface area (Å²) in [5.41, 5.74) is -5.88. The quantitative estimate of drug-likeness (QED) is 0.0474. The van der Waals surface area contributed by atoms with Crippen LogP contribution < -0.4 is 0 Å². The standard InChI is InChI=1S/C48H36O30/c49-19-1-13(2-20(50)31(19)61)43(67)73-37-38(74-44(68)14-3-21(51)32(62)22(52)4-14)40(76-46(70)16-7-25(55)34(64)26(56)8-16)42(78-48(72)18-11-29(59)36(66)30(60)12-18)41(77-47(71)17-9-27(57)35(65)28(58)10-17)39(37)75-45(69)15-5-23(53)33(63)24(54)6-15/h1-12,37-42,49-66H. The molecule has 78 heavy (non-hydrogen) atoms. The van der Waals surface area contributed by atoms with Gasteiger partial charge in [0, 0.05) is 0 Å². The molecule has 0 saturated heterocycles. The number of aromatic hydroxyl groups is 18. The van der Waals surface area contributed by atoms with E-state index in [1.165, 1.54) is 0 Å². The molecule has 0 bridgehead atoms. The van der Waals surface area contributed by atoms with E-state index < -0.39 is 209 Å². The molecule has 0 amide bonds. The molecule has 6 aromatic rings. The number of carbonyl (C=O) groups is 6. The molecular formula is C48H36O30. The van der Waals surface area contributed by atoms with Crippen LogP contribution in [0, 0.1) is 0 Å². The summed E-state index contributed by atoms with van der Waals surface area (Å²) >= 11 is 0. The Morgan fingerprint density at radius 2 is 0.295 bits per heavy atom. The van der Waals surface area contributed by atoms with E-state index in [2.05, 4.69) is 0 Å². The van der Waals surface area contributed by atoms with Gasteiger partial charge in [0.2, 0.25) is 0 Å². The van der Waals surface area contributed by atoms with Gasteiger partial charge in [-0.15, -0.1) is 0 Å². The van der Waals surface area contributed by atoms with Crippen molar-refractivity contribution in [3.8, 4) is 103 Å². The zero-order valence-electron chi connectivity index (χ0n) is 38.3. The molecule has 0 spiro atoms. The molecule has 7 rings (SSSR count). The SMILES string of the molecule is O=C(OC1C(OC(=O)c2cc(O)c(O)c(O)c2)C(OC(=O)c2cc(O)c(O)c(O)c2)C(OC(=O)c2cc(O)c(O)c(O)c2)C(OC(=O)c2cc(O)c(O)c(O)c2)C1OC(=O)c1cc(O)c(O)c(O)c1)c1cc(O)c(O)c(O)c1. The maximum Gasteiger partial charge on any atom is 0.338 e. The largest absolute Gasteiger partial charge is 0.504 e. The van der Waals surface area contributed by atoms with E-state index in [0.717, 1.165) is 0 Å². The fourth-order valence-electron chi connectivity index (χ4n) is 7.41. The van der Waals surface area contributed by atoms with Gasteiger partial charge in [0.15, 0.2) is 140 Å². The Bertz CT molecular complexity index is 2740. The fraction of sp³-hybridized carbons (Fsp3) is 0.125. The van der Waals surface area contributed by atoms with Crippen LogP contribution >= 0.6 is 0 Å². The monoisotopic (exact) mass is 1090 g/mol. The highest BCUT2D eigenvalue weighted by molar-refractivity contribution is 5.96. The van der Waals surface area contributed by atoms with E-state index in [1.807, 2.05) is 0 Å². The molecule has 0 radical (unpaired) electrons. The van der Waals surface area contributed by atoms with Crippen molar-refractivity contribution in [1.29, 1.82) is 0 Å². The highest BCUT2D eigenvalue weighted by atomic mass is 16.7. The van der Waals surface area contributed by atoms with Crippen LogP contribution in [0.15, 0.2) is 72.8 Å². The number of benzene rings is 6. The summed E-state index contributed by atoms with van der Waals surface area (Å²) in [7, 11) is 0. The summed E-state index contributed by atoms with van der Waals surface area (Å²) in [4.78, 5) is 85.9. The third-order valence-electron chi connectivity index (χ3n) is 11.2. The lowest BCUT2D eigenvalue weighted by molar-refractivity contribution is -0.223. The minimum Gasteiger partial charge on any atom is -0.504 e. The second kappa shape index (κ2) is 20.8. The Balaban J connectivity index is 1.55. The van der Waals surface area contributed by atoms with Crippen molar-refractivity contribution in [2.24, 2.45) is 0 Å². The van der Waals surface area contributed by atoms with Crippen LogP contribution in [0.25, 0.3) is 0 Å². The van der Waals surface area contributed by atoms with Crippen molar-refractivity contribution in [3.05, 3.63) is 106 Å². The van der Waals surface area contributed by atoms with E-state index >= 15 is 0 Å².